The Bertz CT molecular complexity index is 451. The molecule has 90 valence electrons. The minimum absolute atomic E-state index is 0.0523. The molecule has 0 fully saturated rings. The SMILES string of the molecule is CO[C@H](CNC(=O)c1ccsc1)c1ccsc1. The van der Waals surface area contributed by atoms with Crippen LogP contribution >= 0.6 is 22.7 Å². The third-order valence-corrected chi connectivity index (χ3v) is 3.82. The molecule has 17 heavy (non-hydrogen) atoms. The Hall–Kier alpha value is -1.17. The van der Waals surface area contributed by atoms with Crippen molar-refractivity contribution < 1.29 is 9.53 Å². The molecule has 3 nitrogen and oxygen atoms in total. The number of carbonyl (C=O) groups is 1. The average molecular weight is 267 g/mol. The third-order valence-electron chi connectivity index (χ3n) is 2.43. The number of rotatable bonds is 5. The van der Waals surface area contributed by atoms with Gasteiger partial charge < -0.3 is 10.1 Å². The van der Waals surface area contributed by atoms with Gasteiger partial charge in [-0.2, -0.15) is 22.7 Å². The van der Waals surface area contributed by atoms with E-state index in [9.17, 15) is 4.79 Å². The van der Waals surface area contributed by atoms with E-state index in [0.29, 0.717) is 12.1 Å². The van der Waals surface area contributed by atoms with Crippen LogP contribution < -0.4 is 5.32 Å². The molecule has 0 radical (unpaired) electrons. The monoisotopic (exact) mass is 267 g/mol. The van der Waals surface area contributed by atoms with Gasteiger partial charge in [0.2, 0.25) is 0 Å². The van der Waals surface area contributed by atoms with Gasteiger partial charge in [-0.05, 0) is 33.8 Å². The Morgan fingerprint density at radius 1 is 1.35 bits per heavy atom. The van der Waals surface area contributed by atoms with Crippen LogP contribution in [0.4, 0.5) is 0 Å². The minimum atomic E-state index is -0.0798. The number of hydrogen-bond donors (Lipinski definition) is 1. The number of hydrogen-bond acceptors (Lipinski definition) is 4. The van der Waals surface area contributed by atoms with Crippen molar-refractivity contribution in [3.8, 4) is 0 Å². The molecule has 1 N–H and O–H groups in total. The lowest BCUT2D eigenvalue weighted by molar-refractivity contribution is 0.0829. The van der Waals surface area contributed by atoms with Gasteiger partial charge in [0.25, 0.3) is 5.91 Å². The summed E-state index contributed by atoms with van der Waals surface area (Å²) in [5.74, 6) is -0.0523. The standard InChI is InChI=1S/C12H13NO2S2/c1-15-11(9-2-4-16-7-9)6-13-12(14)10-3-5-17-8-10/h2-5,7-8,11H,6H2,1H3,(H,13,14)/t11-/m1/s1. The van der Waals surface area contributed by atoms with Crippen LogP contribution in [0.2, 0.25) is 0 Å². The topological polar surface area (TPSA) is 38.3 Å². The zero-order chi connectivity index (χ0) is 12.1. The second-order valence-electron chi connectivity index (χ2n) is 3.50. The fourth-order valence-corrected chi connectivity index (χ4v) is 2.81. The maximum atomic E-state index is 11.7. The van der Waals surface area contributed by atoms with Gasteiger partial charge in [-0.25, -0.2) is 0 Å². The Balaban J connectivity index is 1.91. The second-order valence-corrected chi connectivity index (χ2v) is 5.06. The first kappa shape index (κ1) is 12.3. The molecule has 0 bridgehead atoms. The third kappa shape index (κ3) is 3.15. The van der Waals surface area contributed by atoms with Crippen LogP contribution in [0.1, 0.15) is 22.0 Å². The first-order valence-corrected chi connectivity index (χ1v) is 7.05. The van der Waals surface area contributed by atoms with Crippen molar-refractivity contribution in [1.82, 2.24) is 5.32 Å². The van der Waals surface area contributed by atoms with Crippen molar-refractivity contribution >= 4 is 28.6 Å². The summed E-state index contributed by atoms with van der Waals surface area (Å²) in [6, 6.07) is 3.82. The molecule has 0 aliphatic heterocycles. The van der Waals surface area contributed by atoms with Crippen LogP contribution in [-0.4, -0.2) is 19.6 Å². The summed E-state index contributed by atoms with van der Waals surface area (Å²) in [7, 11) is 1.65. The number of amides is 1. The van der Waals surface area contributed by atoms with Crippen LogP contribution in [0.15, 0.2) is 33.7 Å². The van der Waals surface area contributed by atoms with E-state index >= 15 is 0 Å². The van der Waals surface area contributed by atoms with E-state index in [-0.39, 0.29) is 12.0 Å². The quantitative estimate of drug-likeness (QED) is 0.904. The number of methoxy groups -OCH3 is 1. The molecule has 0 aliphatic carbocycles. The number of thiophene rings is 2. The highest BCUT2D eigenvalue weighted by molar-refractivity contribution is 7.08. The van der Waals surface area contributed by atoms with Gasteiger partial charge in [-0.15, -0.1) is 0 Å². The highest BCUT2D eigenvalue weighted by Gasteiger charge is 2.13. The molecule has 0 saturated heterocycles. The lowest BCUT2D eigenvalue weighted by Gasteiger charge is -2.14. The normalized spacial score (nSPS) is 12.3. The largest absolute Gasteiger partial charge is 0.375 e. The molecule has 1 atom stereocenters. The van der Waals surface area contributed by atoms with Crippen LogP contribution in [0, 0.1) is 0 Å². The van der Waals surface area contributed by atoms with Crippen LogP contribution in [0.25, 0.3) is 0 Å². The summed E-state index contributed by atoms with van der Waals surface area (Å²) in [5, 5.41) is 10.6. The predicted molar refractivity (Wildman–Crippen MR) is 70.7 cm³/mol. The van der Waals surface area contributed by atoms with E-state index in [1.165, 1.54) is 11.3 Å². The zero-order valence-corrected chi connectivity index (χ0v) is 11.0. The van der Waals surface area contributed by atoms with Crippen molar-refractivity contribution in [3.05, 3.63) is 44.8 Å². The van der Waals surface area contributed by atoms with Crippen LogP contribution in [0.3, 0.4) is 0 Å². The first-order chi connectivity index (χ1) is 8.31. The molecule has 1 amide bonds. The number of nitrogens with one attached hydrogen (secondary N) is 1. The maximum Gasteiger partial charge on any atom is 0.252 e. The number of carbonyl (C=O) groups excluding carboxylic acids is 1. The van der Waals surface area contributed by atoms with Crippen molar-refractivity contribution in [2.45, 2.75) is 6.10 Å². The molecular formula is C12H13NO2S2. The van der Waals surface area contributed by atoms with Gasteiger partial charge in [0, 0.05) is 24.6 Å². The van der Waals surface area contributed by atoms with Crippen molar-refractivity contribution in [2.24, 2.45) is 0 Å². The smallest absolute Gasteiger partial charge is 0.252 e. The Labute approximate surface area is 108 Å². The highest BCUT2D eigenvalue weighted by Crippen LogP contribution is 2.18. The summed E-state index contributed by atoms with van der Waals surface area (Å²) in [6.07, 6.45) is -0.0798. The molecule has 5 heteroatoms. The van der Waals surface area contributed by atoms with E-state index < -0.39 is 0 Å². The molecule has 0 spiro atoms. The second kappa shape index (κ2) is 5.95. The lowest BCUT2D eigenvalue weighted by Crippen LogP contribution is -2.28. The van der Waals surface area contributed by atoms with Gasteiger partial charge in [0.05, 0.1) is 0 Å². The van der Waals surface area contributed by atoms with Gasteiger partial charge in [0.1, 0.15) is 6.10 Å². The fraction of sp³-hybridized carbons (Fsp3) is 0.250. The fourth-order valence-electron chi connectivity index (χ4n) is 1.48. The van der Waals surface area contributed by atoms with E-state index in [1.54, 1.807) is 18.4 Å². The maximum absolute atomic E-state index is 11.7. The Morgan fingerprint density at radius 3 is 2.71 bits per heavy atom. The zero-order valence-electron chi connectivity index (χ0n) is 9.38. The van der Waals surface area contributed by atoms with Crippen molar-refractivity contribution in [1.29, 1.82) is 0 Å². The Morgan fingerprint density at radius 2 is 2.12 bits per heavy atom. The molecule has 0 unspecified atom stereocenters. The summed E-state index contributed by atoms with van der Waals surface area (Å²) < 4.78 is 5.36. The number of ether oxygens (including phenoxy) is 1. The predicted octanol–water partition coefficient (Wildman–Crippen LogP) is 2.93. The molecule has 2 aromatic rings. The molecule has 0 saturated carbocycles. The van der Waals surface area contributed by atoms with Crippen LogP contribution in [0.5, 0.6) is 0 Å². The molecule has 0 aromatic carbocycles. The van der Waals surface area contributed by atoms with Gasteiger partial charge in [-0.3, -0.25) is 4.79 Å². The minimum Gasteiger partial charge on any atom is -0.375 e. The van der Waals surface area contributed by atoms with Crippen molar-refractivity contribution in [3.63, 3.8) is 0 Å². The molecule has 2 rings (SSSR count). The first-order valence-electron chi connectivity index (χ1n) is 5.16. The summed E-state index contributed by atoms with van der Waals surface area (Å²) in [6.45, 7) is 0.488. The average Bonchev–Trinajstić information content (AvgIpc) is 3.02. The molecule has 2 heterocycles. The Kier molecular flexibility index (Phi) is 4.30. The van der Waals surface area contributed by atoms with Gasteiger partial charge in [-0.1, -0.05) is 0 Å². The van der Waals surface area contributed by atoms with Gasteiger partial charge in [0.15, 0.2) is 0 Å². The molecular weight excluding hydrogens is 254 g/mol. The lowest BCUT2D eigenvalue weighted by atomic mass is 10.2. The van der Waals surface area contributed by atoms with Crippen LogP contribution in [-0.2, 0) is 4.74 Å². The van der Waals surface area contributed by atoms with E-state index in [1.807, 2.05) is 33.7 Å². The van der Waals surface area contributed by atoms with E-state index in [4.69, 9.17) is 4.74 Å². The molecule has 0 aliphatic rings. The summed E-state index contributed by atoms with van der Waals surface area (Å²) in [4.78, 5) is 11.7. The highest BCUT2D eigenvalue weighted by atomic mass is 32.1. The molecule has 2 aromatic heterocycles. The summed E-state index contributed by atoms with van der Waals surface area (Å²) >= 11 is 3.14. The van der Waals surface area contributed by atoms with Gasteiger partial charge >= 0.3 is 0 Å². The summed E-state index contributed by atoms with van der Waals surface area (Å²) in [5.41, 5.74) is 1.80. The van der Waals surface area contributed by atoms with E-state index in [0.717, 1.165) is 5.56 Å². The van der Waals surface area contributed by atoms with E-state index in [2.05, 4.69) is 5.32 Å². The van der Waals surface area contributed by atoms with Crippen molar-refractivity contribution in [2.75, 3.05) is 13.7 Å².